The molecule has 1 atom stereocenters. The molecule has 1 saturated heterocycles. The van der Waals surface area contributed by atoms with Crippen LogP contribution in [-0.4, -0.2) is 35.6 Å². The average molecular weight is 236 g/mol. The maximum atomic E-state index is 11.2. The van der Waals surface area contributed by atoms with Gasteiger partial charge in [-0.05, 0) is 44.6 Å². The van der Waals surface area contributed by atoms with Crippen LogP contribution in [0.1, 0.15) is 39.0 Å². The third-order valence-corrected chi connectivity index (χ3v) is 4.26. The smallest absolute Gasteiger partial charge is 0.310 e. The Labute approximate surface area is 102 Å². The molecule has 1 aliphatic carbocycles. The standard InChI is InChI=1S/C13H20N2O2/c1-12(11(16)17)3-2-8-15(9-12)10-13(4-5-13)6-7-14/h2-6,8-10H2,1H3,(H,16,17). The number of likely N-dealkylation sites (tertiary alicyclic amines) is 1. The van der Waals surface area contributed by atoms with Crippen LogP contribution in [0.2, 0.25) is 0 Å². The minimum absolute atomic E-state index is 0.186. The van der Waals surface area contributed by atoms with Crippen molar-refractivity contribution in [1.82, 2.24) is 4.90 Å². The molecule has 0 spiro atoms. The normalized spacial score (nSPS) is 31.8. The van der Waals surface area contributed by atoms with Crippen molar-refractivity contribution in [2.45, 2.75) is 39.0 Å². The fourth-order valence-electron chi connectivity index (χ4n) is 2.86. The molecule has 4 nitrogen and oxygen atoms in total. The summed E-state index contributed by atoms with van der Waals surface area (Å²) in [5.41, 5.74) is -0.410. The van der Waals surface area contributed by atoms with E-state index in [1.165, 1.54) is 0 Å². The van der Waals surface area contributed by atoms with Gasteiger partial charge in [0.25, 0.3) is 0 Å². The first-order chi connectivity index (χ1) is 8.00. The van der Waals surface area contributed by atoms with Crippen molar-refractivity contribution in [3.8, 4) is 6.07 Å². The molecule has 2 fully saturated rings. The molecule has 0 aromatic rings. The number of nitrogens with zero attached hydrogens (tertiary/aromatic N) is 2. The van der Waals surface area contributed by atoms with Gasteiger partial charge in [0.05, 0.1) is 11.5 Å². The predicted molar refractivity (Wildman–Crippen MR) is 63.3 cm³/mol. The second-order valence-corrected chi connectivity index (χ2v) is 6.01. The van der Waals surface area contributed by atoms with Gasteiger partial charge in [-0.15, -0.1) is 0 Å². The zero-order chi connectivity index (χ0) is 12.5. The summed E-state index contributed by atoms with van der Waals surface area (Å²) >= 11 is 0. The molecule has 0 radical (unpaired) electrons. The lowest BCUT2D eigenvalue weighted by atomic mass is 9.81. The number of rotatable bonds is 4. The topological polar surface area (TPSA) is 64.3 Å². The molecule has 0 aromatic heterocycles. The third-order valence-electron chi connectivity index (χ3n) is 4.26. The van der Waals surface area contributed by atoms with Gasteiger partial charge < -0.3 is 10.0 Å². The Morgan fingerprint density at radius 2 is 2.18 bits per heavy atom. The molecular formula is C13H20N2O2. The SMILES string of the molecule is CC1(C(=O)O)CCCN(CC2(CC#N)CC2)C1. The van der Waals surface area contributed by atoms with E-state index in [0.29, 0.717) is 13.0 Å². The highest BCUT2D eigenvalue weighted by Crippen LogP contribution is 2.49. The van der Waals surface area contributed by atoms with Gasteiger partial charge in [0.2, 0.25) is 0 Å². The quantitative estimate of drug-likeness (QED) is 0.809. The van der Waals surface area contributed by atoms with E-state index in [2.05, 4.69) is 11.0 Å². The molecule has 1 aliphatic heterocycles. The van der Waals surface area contributed by atoms with Crippen LogP contribution in [0.25, 0.3) is 0 Å². The van der Waals surface area contributed by atoms with Crippen LogP contribution in [0.5, 0.6) is 0 Å². The van der Waals surface area contributed by atoms with E-state index < -0.39 is 11.4 Å². The third kappa shape index (κ3) is 2.61. The predicted octanol–water partition coefficient (Wildman–Crippen LogP) is 1.87. The number of piperidine rings is 1. The summed E-state index contributed by atoms with van der Waals surface area (Å²) in [6, 6.07) is 2.26. The minimum Gasteiger partial charge on any atom is -0.481 e. The van der Waals surface area contributed by atoms with Crippen LogP contribution in [0.3, 0.4) is 0 Å². The van der Waals surface area contributed by atoms with Gasteiger partial charge >= 0.3 is 5.97 Å². The Balaban J connectivity index is 1.95. The number of aliphatic carboxylic acids is 1. The van der Waals surface area contributed by atoms with Gasteiger partial charge in [-0.3, -0.25) is 4.79 Å². The highest BCUT2D eigenvalue weighted by atomic mass is 16.4. The molecule has 0 amide bonds. The minimum atomic E-state index is -0.688. The van der Waals surface area contributed by atoms with E-state index in [-0.39, 0.29) is 5.41 Å². The monoisotopic (exact) mass is 236 g/mol. The molecule has 17 heavy (non-hydrogen) atoms. The number of nitriles is 1. The largest absolute Gasteiger partial charge is 0.481 e. The number of carboxylic acid groups (broad SMARTS) is 1. The molecule has 0 aromatic carbocycles. The lowest BCUT2D eigenvalue weighted by Crippen LogP contribution is -2.47. The summed E-state index contributed by atoms with van der Waals surface area (Å²) in [4.78, 5) is 13.5. The van der Waals surface area contributed by atoms with E-state index in [4.69, 9.17) is 5.26 Å². The summed E-state index contributed by atoms with van der Waals surface area (Å²) < 4.78 is 0. The Kier molecular flexibility index (Phi) is 3.13. The van der Waals surface area contributed by atoms with E-state index in [0.717, 1.165) is 38.8 Å². The molecule has 0 bridgehead atoms. The van der Waals surface area contributed by atoms with Gasteiger partial charge in [0.1, 0.15) is 0 Å². The molecule has 1 heterocycles. The second kappa shape index (κ2) is 4.30. The lowest BCUT2D eigenvalue weighted by molar-refractivity contribution is -0.151. The lowest BCUT2D eigenvalue weighted by Gasteiger charge is -2.39. The first-order valence-electron chi connectivity index (χ1n) is 6.32. The van der Waals surface area contributed by atoms with Crippen LogP contribution in [0.15, 0.2) is 0 Å². The first kappa shape index (κ1) is 12.4. The van der Waals surface area contributed by atoms with Crippen LogP contribution in [0, 0.1) is 22.2 Å². The molecule has 4 heteroatoms. The summed E-state index contributed by atoms with van der Waals surface area (Å²) in [5, 5.41) is 18.1. The number of carboxylic acids is 1. The maximum Gasteiger partial charge on any atom is 0.310 e. The van der Waals surface area contributed by atoms with Crippen LogP contribution in [0.4, 0.5) is 0 Å². The first-order valence-corrected chi connectivity index (χ1v) is 6.32. The Morgan fingerprint density at radius 3 is 2.71 bits per heavy atom. The molecule has 2 aliphatic rings. The van der Waals surface area contributed by atoms with Crippen molar-refractivity contribution in [2.24, 2.45) is 10.8 Å². The second-order valence-electron chi connectivity index (χ2n) is 6.01. The maximum absolute atomic E-state index is 11.2. The molecular weight excluding hydrogens is 216 g/mol. The molecule has 1 N–H and O–H groups in total. The van der Waals surface area contributed by atoms with Gasteiger partial charge in [0, 0.05) is 19.5 Å². The summed E-state index contributed by atoms with van der Waals surface area (Å²) in [7, 11) is 0. The van der Waals surface area contributed by atoms with Gasteiger partial charge in [-0.1, -0.05) is 0 Å². The number of carbonyl (C=O) groups is 1. The highest BCUT2D eigenvalue weighted by molar-refractivity contribution is 5.74. The fourth-order valence-corrected chi connectivity index (χ4v) is 2.86. The summed E-state index contributed by atoms with van der Waals surface area (Å²) in [6.07, 6.45) is 4.59. The summed E-state index contributed by atoms with van der Waals surface area (Å²) in [5.74, 6) is -0.688. The van der Waals surface area contributed by atoms with Crippen molar-refractivity contribution in [2.75, 3.05) is 19.6 Å². The number of hydrogen-bond acceptors (Lipinski definition) is 3. The van der Waals surface area contributed by atoms with Crippen molar-refractivity contribution in [1.29, 1.82) is 5.26 Å². The Bertz CT molecular complexity index is 357. The molecule has 94 valence electrons. The fraction of sp³-hybridized carbons (Fsp3) is 0.846. The Hall–Kier alpha value is -1.08. The molecule has 2 rings (SSSR count). The van der Waals surface area contributed by atoms with Gasteiger partial charge in [-0.25, -0.2) is 0 Å². The number of hydrogen-bond donors (Lipinski definition) is 1. The average Bonchev–Trinajstić information content (AvgIpc) is 2.98. The zero-order valence-electron chi connectivity index (χ0n) is 10.4. The zero-order valence-corrected chi connectivity index (χ0v) is 10.4. The van der Waals surface area contributed by atoms with Crippen molar-refractivity contribution < 1.29 is 9.90 Å². The van der Waals surface area contributed by atoms with E-state index in [1.54, 1.807) is 0 Å². The van der Waals surface area contributed by atoms with Crippen molar-refractivity contribution in [3.05, 3.63) is 0 Å². The van der Waals surface area contributed by atoms with Crippen LogP contribution >= 0.6 is 0 Å². The van der Waals surface area contributed by atoms with Crippen LogP contribution in [-0.2, 0) is 4.79 Å². The van der Waals surface area contributed by atoms with E-state index in [1.807, 2.05) is 6.92 Å². The van der Waals surface area contributed by atoms with Gasteiger partial charge in [-0.2, -0.15) is 5.26 Å². The van der Waals surface area contributed by atoms with Crippen molar-refractivity contribution >= 4 is 5.97 Å². The van der Waals surface area contributed by atoms with E-state index >= 15 is 0 Å². The van der Waals surface area contributed by atoms with E-state index in [9.17, 15) is 9.90 Å². The Morgan fingerprint density at radius 1 is 1.47 bits per heavy atom. The van der Waals surface area contributed by atoms with Gasteiger partial charge in [0.15, 0.2) is 0 Å². The molecule has 1 unspecified atom stereocenters. The molecule has 1 saturated carbocycles. The summed E-state index contributed by atoms with van der Waals surface area (Å²) in [6.45, 7) is 4.36. The van der Waals surface area contributed by atoms with Crippen molar-refractivity contribution in [3.63, 3.8) is 0 Å². The highest BCUT2D eigenvalue weighted by Gasteiger charge is 2.46. The van der Waals surface area contributed by atoms with Crippen LogP contribution < -0.4 is 0 Å².